The van der Waals surface area contributed by atoms with E-state index in [0.717, 1.165) is 11.1 Å². The van der Waals surface area contributed by atoms with E-state index < -0.39 is 11.4 Å². The third-order valence-electron chi connectivity index (χ3n) is 6.32. The van der Waals surface area contributed by atoms with Crippen molar-refractivity contribution >= 4 is 5.78 Å². The summed E-state index contributed by atoms with van der Waals surface area (Å²) in [5.74, 6) is -0.721. The largest absolute Gasteiger partial charge is 0.507 e. The molecule has 0 saturated heterocycles. The number of ketones is 1. The Morgan fingerprint density at radius 2 is 1.93 bits per heavy atom. The standard InChI is InChI=1S/C25H28O5/c1-12(2)6-7-14-8-9-15-18-16(25(4,5)29)11-30-24-13(3)10-17(26)20(21(18)24)23(28)19(15)22(14)27/h6,8-10,16,18,26-27,29H,7,11H2,1-5H3. The molecule has 1 aliphatic carbocycles. The smallest absolute Gasteiger partial charge is 0.201 e. The van der Waals surface area contributed by atoms with E-state index in [-0.39, 0.29) is 41.1 Å². The van der Waals surface area contributed by atoms with E-state index in [2.05, 4.69) is 0 Å². The van der Waals surface area contributed by atoms with Gasteiger partial charge >= 0.3 is 0 Å². The quantitative estimate of drug-likeness (QED) is 0.657. The van der Waals surface area contributed by atoms with Crippen molar-refractivity contribution in [2.24, 2.45) is 5.92 Å². The highest BCUT2D eigenvalue weighted by atomic mass is 16.5. The van der Waals surface area contributed by atoms with E-state index in [1.807, 2.05) is 39.0 Å². The highest BCUT2D eigenvalue weighted by Crippen LogP contribution is 2.55. The van der Waals surface area contributed by atoms with Crippen LogP contribution in [0.15, 0.2) is 29.8 Å². The zero-order valence-electron chi connectivity index (χ0n) is 18.0. The molecule has 30 heavy (non-hydrogen) atoms. The van der Waals surface area contributed by atoms with Gasteiger partial charge in [-0.1, -0.05) is 23.8 Å². The average molecular weight is 408 g/mol. The molecule has 0 fully saturated rings. The number of phenols is 2. The van der Waals surface area contributed by atoms with Gasteiger partial charge in [-0.2, -0.15) is 0 Å². The zero-order chi connectivity index (χ0) is 22.0. The minimum absolute atomic E-state index is 0.0526. The van der Waals surface area contributed by atoms with Gasteiger partial charge in [-0.15, -0.1) is 0 Å². The Labute approximate surface area is 176 Å². The molecule has 4 rings (SSSR count). The lowest BCUT2D eigenvalue weighted by atomic mass is 9.65. The van der Waals surface area contributed by atoms with Gasteiger partial charge < -0.3 is 20.1 Å². The molecule has 0 spiro atoms. The maximum absolute atomic E-state index is 13.5. The number of aliphatic hydroxyl groups is 1. The average Bonchev–Trinajstić information content (AvgIpc) is 2.64. The van der Waals surface area contributed by atoms with Gasteiger partial charge in [0.15, 0.2) is 0 Å². The topological polar surface area (TPSA) is 87.0 Å². The van der Waals surface area contributed by atoms with Crippen LogP contribution in [0.3, 0.4) is 0 Å². The number of hydrogen-bond donors (Lipinski definition) is 3. The fourth-order valence-electron chi connectivity index (χ4n) is 4.74. The van der Waals surface area contributed by atoms with Crippen molar-refractivity contribution < 1.29 is 24.9 Å². The number of allylic oxidation sites excluding steroid dienone is 2. The molecule has 0 aromatic heterocycles. The van der Waals surface area contributed by atoms with Gasteiger partial charge in [0.1, 0.15) is 17.2 Å². The second-order valence-corrected chi connectivity index (χ2v) is 9.23. The summed E-state index contributed by atoms with van der Waals surface area (Å²) < 4.78 is 5.98. The Hall–Kier alpha value is -2.79. The summed E-state index contributed by atoms with van der Waals surface area (Å²) in [5.41, 5.74) is 3.09. The molecule has 5 nitrogen and oxygen atoms in total. The molecule has 5 heteroatoms. The number of aromatic hydroxyl groups is 2. The van der Waals surface area contributed by atoms with Crippen molar-refractivity contribution in [3.63, 3.8) is 0 Å². The number of ether oxygens (including phenoxy) is 1. The Morgan fingerprint density at radius 1 is 1.23 bits per heavy atom. The third kappa shape index (κ3) is 3.00. The van der Waals surface area contributed by atoms with E-state index >= 15 is 0 Å². The van der Waals surface area contributed by atoms with Gasteiger partial charge in [-0.25, -0.2) is 0 Å². The van der Waals surface area contributed by atoms with E-state index in [9.17, 15) is 20.1 Å². The van der Waals surface area contributed by atoms with Crippen LogP contribution in [-0.2, 0) is 6.42 Å². The Kier molecular flexibility index (Phi) is 4.70. The van der Waals surface area contributed by atoms with Crippen LogP contribution in [0, 0.1) is 12.8 Å². The summed E-state index contributed by atoms with van der Waals surface area (Å²) in [6.07, 6.45) is 2.51. The van der Waals surface area contributed by atoms with Crippen molar-refractivity contribution in [2.45, 2.75) is 52.6 Å². The molecule has 0 saturated carbocycles. The number of rotatable bonds is 3. The van der Waals surface area contributed by atoms with Gasteiger partial charge in [-0.3, -0.25) is 4.79 Å². The van der Waals surface area contributed by atoms with E-state index in [1.54, 1.807) is 13.8 Å². The predicted octanol–water partition coefficient (Wildman–Crippen LogP) is 4.37. The van der Waals surface area contributed by atoms with Crippen LogP contribution in [0.2, 0.25) is 0 Å². The number of aryl methyl sites for hydroxylation is 1. The highest BCUT2D eigenvalue weighted by Gasteiger charge is 2.48. The first-order chi connectivity index (χ1) is 14.0. The first-order valence-corrected chi connectivity index (χ1v) is 10.3. The van der Waals surface area contributed by atoms with E-state index in [0.29, 0.717) is 28.9 Å². The molecular formula is C25H28O5. The van der Waals surface area contributed by atoms with Gasteiger partial charge in [0.05, 0.1) is 23.3 Å². The van der Waals surface area contributed by atoms with Gasteiger partial charge in [-0.05, 0) is 63.8 Å². The van der Waals surface area contributed by atoms with Gasteiger partial charge in [0.2, 0.25) is 5.78 Å². The SMILES string of the molecule is CC(C)=CCc1ccc2c(c1O)C(=O)c1c(O)cc(C)c3c1C2C(C(C)(C)O)CO3. The number of carbonyl (C=O) groups excluding carboxylic acids is 1. The van der Waals surface area contributed by atoms with Crippen molar-refractivity contribution in [2.75, 3.05) is 6.61 Å². The van der Waals surface area contributed by atoms with Crippen molar-refractivity contribution in [1.82, 2.24) is 0 Å². The van der Waals surface area contributed by atoms with E-state index in [1.165, 1.54) is 6.07 Å². The summed E-state index contributed by atoms with van der Waals surface area (Å²) in [6, 6.07) is 5.25. The molecule has 0 radical (unpaired) electrons. The monoisotopic (exact) mass is 408 g/mol. The number of carbonyl (C=O) groups is 1. The molecule has 3 N–H and O–H groups in total. The summed E-state index contributed by atoms with van der Waals surface area (Å²) >= 11 is 0. The van der Waals surface area contributed by atoms with E-state index in [4.69, 9.17) is 4.74 Å². The summed E-state index contributed by atoms with van der Waals surface area (Å²) in [4.78, 5) is 13.5. The van der Waals surface area contributed by atoms with Gasteiger partial charge in [0.25, 0.3) is 0 Å². The molecule has 2 aromatic carbocycles. The predicted molar refractivity (Wildman–Crippen MR) is 115 cm³/mol. The maximum atomic E-state index is 13.5. The minimum Gasteiger partial charge on any atom is -0.507 e. The molecule has 0 bridgehead atoms. The zero-order valence-corrected chi connectivity index (χ0v) is 18.0. The molecule has 2 unspecified atom stereocenters. The van der Waals surface area contributed by atoms with Crippen LogP contribution in [-0.4, -0.2) is 33.3 Å². The number of hydrogen-bond acceptors (Lipinski definition) is 5. The fourth-order valence-corrected chi connectivity index (χ4v) is 4.74. The minimum atomic E-state index is -1.09. The Bertz CT molecular complexity index is 1080. The van der Waals surface area contributed by atoms with Gasteiger partial charge in [0, 0.05) is 17.4 Å². The van der Waals surface area contributed by atoms with Crippen LogP contribution in [0.1, 0.15) is 71.8 Å². The fraction of sp³-hybridized carbons (Fsp3) is 0.400. The summed E-state index contributed by atoms with van der Waals surface area (Å²) in [6.45, 7) is 9.52. The molecular weight excluding hydrogens is 380 g/mol. The van der Waals surface area contributed by atoms with Crippen molar-refractivity contribution in [3.05, 3.63) is 63.2 Å². The normalized spacial score (nSPS) is 19.6. The van der Waals surface area contributed by atoms with Crippen LogP contribution in [0.25, 0.3) is 0 Å². The molecule has 158 valence electrons. The lowest BCUT2D eigenvalue weighted by molar-refractivity contribution is -0.0190. The lowest BCUT2D eigenvalue weighted by Crippen LogP contribution is -2.44. The lowest BCUT2D eigenvalue weighted by Gasteiger charge is -2.44. The van der Waals surface area contributed by atoms with Crippen LogP contribution < -0.4 is 4.74 Å². The Morgan fingerprint density at radius 3 is 2.57 bits per heavy atom. The first-order valence-electron chi connectivity index (χ1n) is 10.3. The number of phenolic OH excluding ortho intramolecular Hbond substituents is 2. The molecule has 2 aliphatic rings. The number of benzene rings is 2. The Balaban J connectivity index is 2.02. The third-order valence-corrected chi connectivity index (χ3v) is 6.32. The molecule has 1 heterocycles. The molecule has 2 atom stereocenters. The summed E-state index contributed by atoms with van der Waals surface area (Å²) in [7, 11) is 0. The highest BCUT2D eigenvalue weighted by molar-refractivity contribution is 6.16. The number of fused-ring (bicyclic) bond motifs is 2. The van der Waals surface area contributed by atoms with Crippen molar-refractivity contribution in [3.8, 4) is 17.2 Å². The molecule has 2 aromatic rings. The van der Waals surface area contributed by atoms with Crippen LogP contribution >= 0.6 is 0 Å². The first kappa shape index (κ1) is 20.5. The second-order valence-electron chi connectivity index (χ2n) is 9.23. The summed E-state index contributed by atoms with van der Waals surface area (Å²) in [5, 5.41) is 32.6. The maximum Gasteiger partial charge on any atom is 0.201 e. The van der Waals surface area contributed by atoms with Crippen LogP contribution in [0.4, 0.5) is 0 Å². The van der Waals surface area contributed by atoms with Crippen LogP contribution in [0.5, 0.6) is 17.2 Å². The molecule has 0 amide bonds. The second kappa shape index (κ2) is 6.88. The van der Waals surface area contributed by atoms with Crippen molar-refractivity contribution in [1.29, 1.82) is 0 Å². The molecule has 1 aliphatic heterocycles.